The van der Waals surface area contributed by atoms with Gasteiger partial charge in [-0.15, -0.1) is 0 Å². The molecule has 0 saturated carbocycles. The molecule has 1 aromatic carbocycles. The number of anilines is 1. The first kappa shape index (κ1) is 14.2. The van der Waals surface area contributed by atoms with Crippen molar-refractivity contribution in [1.29, 1.82) is 0 Å². The molecule has 0 aliphatic rings. The van der Waals surface area contributed by atoms with Gasteiger partial charge in [0, 0.05) is 10.0 Å². The van der Waals surface area contributed by atoms with E-state index in [0.29, 0.717) is 6.61 Å². The van der Waals surface area contributed by atoms with Crippen molar-refractivity contribution in [3.05, 3.63) is 28.7 Å². The first-order valence-electron chi connectivity index (χ1n) is 5.29. The molecule has 1 aromatic rings. The van der Waals surface area contributed by atoms with Crippen LogP contribution in [0.25, 0.3) is 0 Å². The summed E-state index contributed by atoms with van der Waals surface area (Å²) in [6, 6.07) is 7.41. The van der Waals surface area contributed by atoms with Gasteiger partial charge in [-0.05, 0) is 41.9 Å². The van der Waals surface area contributed by atoms with E-state index < -0.39 is 5.54 Å². The zero-order valence-corrected chi connectivity index (χ0v) is 11.6. The maximum Gasteiger partial charge on any atom is 0.250 e. The average Bonchev–Trinajstić information content (AvgIpc) is 2.19. The van der Waals surface area contributed by atoms with Crippen molar-refractivity contribution in [3.8, 4) is 0 Å². The van der Waals surface area contributed by atoms with Gasteiger partial charge in [0.2, 0.25) is 5.91 Å². The summed E-state index contributed by atoms with van der Waals surface area (Å²) in [5.74, 6) is -0.193. The van der Waals surface area contributed by atoms with Crippen molar-refractivity contribution in [3.63, 3.8) is 0 Å². The number of halogens is 1. The van der Waals surface area contributed by atoms with Gasteiger partial charge >= 0.3 is 0 Å². The Morgan fingerprint density at radius 1 is 1.47 bits per heavy atom. The van der Waals surface area contributed by atoms with Crippen molar-refractivity contribution >= 4 is 27.5 Å². The molecule has 1 rings (SSSR count). The van der Waals surface area contributed by atoms with Gasteiger partial charge < -0.3 is 15.8 Å². The van der Waals surface area contributed by atoms with Crippen molar-refractivity contribution in [2.24, 2.45) is 5.73 Å². The summed E-state index contributed by atoms with van der Waals surface area (Å²) in [5, 5.41) is 2.74. The Hall–Kier alpha value is -0.910. The highest BCUT2D eigenvalue weighted by atomic mass is 79.9. The zero-order valence-electron chi connectivity index (χ0n) is 10.00. The van der Waals surface area contributed by atoms with Crippen molar-refractivity contribution < 1.29 is 9.53 Å². The summed E-state index contributed by atoms with van der Waals surface area (Å²) in [6.45, 7) is 4.04. The van der Waals surface area contributed by atoms with Crippen LogP contribution in [-0.4, -0.2) is 24.7 Å². The summed E-state index contributed by atoms with van der Waals surface area (Å²) in [7, 11) is 0. The van der Waals surface area contributed by atoms with Crippen LogP contribution in [0.1, 0.15) is 13.8 Å². The Balaban J connectivity index is 2.38. The van der Waals surface area contributed by atoms with Crippen molar-refractivity contribution in [2.45, 2.75) is 19.4 Å². The monoisotopic (exact) mass is 300 g/mol. The minimum Gasteiger partial charge on any atom is -0.370 e. The number of nitrogens with one attached hydrogen (secondary N) is 1. The molecular formula is C12H17BrN2O2. The Labute approximate surface area is 110 Å². The number of rotatable bonds is 5. The minimum absolute atomic E-state index is 0.00195. The molecular weight excluding hydrogens is 284 g/mol. The second-order valence-corrected chi connectivity index (χ2v) is 5.36. The van der Waals surface area contributed by atoms with Gasteiger partial charge in [-0.2, -0.15) is 0 Å². The molecule has 0 unspecified atom stereocenters. The van der Waals surface area contributed by atoms with Crippen LogP contribution in [0.2, 0.25) is 0 Å². The molecule has 0 atom stereocenters. The number of hydrogen-bond acceptors (Lipinski definition) is 3. The quantitative estimate of drug-likeness (QED) is 0.876. The summed E-state index contributed by atoms with van der Waals surface area (Å²) in [5.41, 5.74) is 6.04. The van der Waals surface area contributed by atoms with E-state index in [-0.39, 0.29) is 12.5 Å². The number of amides is 1. The fourth-order valence-electron chi connectivity index (χ4n) is 1.16. The molecule has 17 heavy (non-hydrogen) atoms. The highest BCUT2D eigenvalue weighted by Gasteiger charge is 2.12. The van der Waals surface area contributed by atoms with Crippen molar-refractivity contribution in [2.75, 3.05) is 18.5 Å². The SMILES string of the molecule is CC(C)(N)COCC(=O)Nc1ccccc1Br. The van der Waals surface area contributed by atoms with E-state index >= 15 is 0 Å². The molecule has 0 fully saturated rings. The van der Waals surface area contributed by atoms with Crippen LogP contribution in [0.15, 0.2) is 28.7 Å². The lowest BCUT2D eigenvalue weighted by molar-refractivity contribution is -0.121. The van der Waals surface area contributed by atoms with Crippen LogP contribution < -0.4 is 11.1 Å². The third kappa shape index (κ3) is 5.81. The van der Waals surface area contributed by atoms with Crippen LogP contribution in [0.4, 0.5) is 5.69 Å². The number of carbonyl (C=O) groups is 1. The first-order valence-corrected chi connectivity index (χ1v) is 6.09. The Bertz CT molecular complexity index is 388. The van der Waals surface area contributed by atoms with Gasteiger partial charge in [0.05, 0.1) is 12.3 Å². The maximum absolute atomic E-state index is 11.6. The Morgan fingerprint density at radius 3 is 2.71 bits per heavy atom. The average molecular weight is 301 g/mol. The van der Waals surface area contributed by atoms with E-state index in [1.165, 1.54) is 0 Å². The predicted octanol–water partition coefficient (Wildman–Crippen LogP) is 2.14. The summed E-state index contributed by atoms with van der Waals surface area (Å²) < 4.78 is 6.06. The standard InChI is InChI=1S/C12H17BrN2O2/c1-12(2,14)8-17-7-11(16)15-10-6-4-3-5-9(10)13/h3-6H,7-8,14H2,1-2H3,(H,15,16). The lowest BCUT2D eigenvalue weighted by atomic mass is 10.1. The number of nitrogens with two attached hydrogens (primary N) is 1. The topological polar surface area (TPSA) is 64.3 Å². The minimum atomic E-state index is -0.423. The van der Waals surface area contributed by atoms with E-state index in [9.17, 15) is 4.79 Å². The normalized spacial score (nSPS) is 11.3. The number of ether oxygens (including phenoxy) is 1. The highest BCUT2D eigenvalue weighted by molar-refractivity contribution is 9.10. The zero-order chi connectivity index (χ0) is 12.9. The molecule has 4 nitrogen and oxygen atoms in total. The number of para-hydroxylation sites is 1. The summed E-state index contributed by atoms with van der Waals surface area (Å²) in [4.78, 5) is 11.6. The smallest absolute Gasteiger partial charge is 0.250 e. The molecule has 0 aliphatic heterocycles. The number of carbonyl (C=O) groups excluding carboxylic acids is 1. The Kier molecular flexibility index (Phi) is 5.11. The largest absolute Gasteiger partial charge is 0.370 e. The van der Waals surface area contributed by atoms with E-state index in [0.717, 1.165) is 10.2 Å². The van der Waals surface area contributed by atoms with Crippen LogP contribution in [0.5, 0.6) is 0 Å². The molecule has 0 radical (unpaired) electrons. The van der Waals surface area contributed by atoms with Crippen LogP contribution in [-0.2, 0) is 9.53 Å². The molecule has 3 N–H and O–H groups in total. The van der Waals surface area contributed by atoms with E-state index in [4.69, 9.17) is 10.5 Å². The van der Waals surface area contributed by atoms with Gasteiger partial charge in [0.1, 0.15) is 6.61 Å². The molecule has 0 spiro atoms. The molecule has 0 aromatic heterocycles. The van der Waals surface area contributed by atoms with E-state index in [1.807, 2.05) is 38.1 Å². The van der Waals surface area contributed by atoms with Crippen LogP contribution >= 0.6 is 15.9 Å². The van der Waals surface area contributed by atoms with Gasteiger partial charge in [-0.1, -0.05) is 12.1 Å². The fraction of sp³-hybridized carbons (Fsp3) is 0.417. The molecule has 94 valence electrons. The predicted molar refractivity (Wildman–Crippen MR) is 71.9 cm³/mol. The molecule has 0 heterocycles. The van der Waals surface area contributed by atoms with Gasteiger partial charge in [-0.3, -0.25) is 4.79 Å². The lowest BCUT2D eigenvalue weighted by Crippen LogP contribution is -2.38. The van der Waals surface area contributed by atoms with Crippen LogP contribution in [0.3, 0.4) is 0 Å². The first-order chi connectivity index (χ1) is 7.88. The lowest BCUT2D eigenvalue weighted by Gasteiger charge is -2.18. The van der Waals surface area contributed by atoms with Gasteiger partial charge in [0.25, 0.3) is 0 Å². The molecule has 1 amide bonds. The van der Waals surface area contributed by atoms with E-state index in [1.54, 1.807) is 0 Å². The number of hydrogen-bond donors (Lipinski definition) is 2. The van der Waals surface area contributed by atoms with Crippen molar-refractivity contribution in [1.82, 2.24) is 0 Å². The third-order valence-corrected chi connectivity index (χ3v) is 2.55. The molecule has 0 saturated heterocycles. The Morgan fingerprint density at radius 2 is 2.12 bits per heavy atom. The van der Waals surface area contributed by atoms with Gasteiger partial charge in [-0.25, -0.2) is 0 Å². The van der Waals surface area contributed by atoms with Crippen LogP contribution in [0, 0.1) is 0 Å². The number of benzene rings is 1. The summed E-state index contributed by atoms with van der Waals surface area (Å²) in [6.07, 6.45) is 0. The van der Waals surface area contributed by atoms with Gasteiger partial charge in [0.15, 0.2) is 0 Å². The second kappa shape index (κ2) is 6.14. The highest BCUT2D eigenvalue weighted by Crippen LogP contribution is 2.20. The molecule has 0 bridgehead atoms. The summed E-state index contributed by atoms with van der Waals surface area (Å²) >= 11 is 3.35. The third-order valence-electron chi connectivity index (χ3n) is 1.86. The second-order valence-electron chi connectivity index (χ2n) is 4.51. The maximum atomic E-state index is 11.6. The molecule has 0 aliphatic carbocycles. The molecule has 5 heteroatoms. The van der Waals surface area contributed by atoms with E-state index in [2.05, 4.69) is 21.2 Å². The fourth-order valence-corrected chi connectivity index (χ4v) is 1.54.